The van der Waals surface area contributed by atoms with Gasteiger partial charge < -0.3 is 4.90 Å². The number of anilines is 1. The van der Waals surface area contributed by atoms with E-state index >= 15 is 0 Å². The smallest absolute Gasteiger partial charge is 0.186 e. The summed E-state index contributed by atoms with van der Waals surface area (Å²) in [4.78, 5) is 7.18. The average Bonchev–Trinajstić information content (AvgIpc) is 2.99. The van der Waals surface area contributed by atoms with Crippen molar-refractivity contribution >= 4 is 38.3 Å². The minimum atomic E-state index is 0.569. The van der Waals surface area contributed by atoms with Gasteiger partial charge in [-0.3, -0.25) is 0 Å². The van der Waals surface area contributed by atoms with Gasteiger partial charge in [0.2, 0.25) is 0 Å². The standard InChI is InChI=1S/C18H17ClN2S/c19-15-6-2-1-5-14(15)13-9-11-21(12-10-13)18-20-16-7-3-4-8-17(16)22-18/h1-8,13H,9-12H2. The lowest BCUT2D eigenvalue weighted by Crippen LogP contribution is -2.32. The number of rotatable bonds is 2. The molecule has 2 heterocycles. The Hall–Kier alpha value is -1.58. The second-order valence-electron chi connectivity index (χ2n) is 5.75. The van der Waals surface area contributed by atoms with Crippen molar-refractivity contribution in [2.75, 3.05) is 18.0 Å². The van der Waals surface area contributed by atoms with Gasteiger partial charge in [-0.1, -0.05) is 53.3 Å². The molecule has 4 rings (SSSR count). The van der Waals surface area contributed by atoms with Gasteiger partial charge in [-0.05, 0) is 42.5 Å². The topological polar surface area (TPSA) is 16.1 Å². The van der Waals surface area contributed by atoms with Crippen molar-refractivity contribution in [2.24, 2.45) is 0 Å². The van der Waals surface area contributed by atoms with Crippen LogP contribution < -0.4 is 4.90 Å². The number of para-hydroxylation sites is 1. The minimum absolute atomic E-state index is 0.569. The third kappa shape index (κ3) is 2.59. The number of nitrogens with zero attached hydrogens (tertiary/aromatic N) is 2. The summed E-state index contributed by atoms with van der Waals surface area (Å²) >= 11 is 8.13. The Morgan fingerprint density at radius 2 is 1.73 bits per heavy atom. The fraction of sp³-hybridized carbons (Fsp3) is 0.278. The second kappa shape index (κ2) is 5.90. The molecule has 1 fully saturated rings. The van der Waals surface area contributed by atoms with Crippen LogP contribution in [-0.2, 0) is 0 Å². The SMILES string of the molecule is Clc1ccccc1C1CCN(c2nc3ccccc3s2)CC1. The summed E-state index contributed by atoms with van der Waals surface area (Å²) in [6.07, 6.45) is 2.28. The van der Waals surface area contributed by atoms with Crippen LogP contribution in [-0.4, -0.2) is 18.1 Å². The summed E-state index contributed by atoms with van der Waals surface area (Å²) in [5.74, 6) is 0.569. The maximum Gasteiger partial charge on any atom is 0.186 e. The molecule has 2 aromatic carbocycles. The van der Waals surface area contributed by atoms with Gasteiger partial charge in [0.1, 0.15) is 0 Å². The lowest BCUT2D eigenvalue weighted by molar-refractivity contribution is 0.505. The van der Waals surface area contributed by atoms with E-state index in [1.165, 1.54) is 10.3 Å². The second-order valence-corrected chi connectivity index (χ2v) is 7.16. The highest BCUT2D eigenvalue weighted by Gasteiger charge is 2.23. The molecule has 0 unspecified atom stereocenters. The number of piperidine rings is 1. The highest BCUT2D eigenvalue weighted by Crippen LogP contribution is 2.36. The zero-order chi connectivity index (χ0) is 14.9. The zero-order valence-electron chi connectivity index (χ0n) is 12.2. The van der Waals surface area contributed by atoms with Crippen molar-refractivity contribution in [3.05, 3.63) is 59.1 Å². The molecule has 0 aliphatic carbocycles. The molecular formula is C18H17ClN2S. The normalized spacial score (nSPS) is 16.3. The summed E-state index contributed by atoms with van der Waals surface area (Å²) in [5, 5.41) is 2.06. The Bertz CT molecular complexity index is 757. The molecule has 1 aliphatic heterocycles. The van der Waals surface area contributed by atoms with Crippen LogP contribution in [0.15, 0.2) is 48.5 Å². The van der Waals surface area contributed by atoms with Crippen molar-refractivity contribution in [3.63, 3.8) is 0 Å². The van der Waals surface area contributed by atoms with E-state index in [0.717, 1.165) is 41.6 Å². The van der Waals surface area contributed by atoms with Crippen LogP contribution in [0.4, 0.5) is 5.13 Å². The van der Waals surface area contributed by atoms with Crippen LogP contribution in [0.5, 0.6) is 0 Å². The Labute approximate surface area is 139 Å². The van der Waals surface area contributed by atoms with E-state index in [1.807, 2.05) is 12.1 Å². The summed E-state index contributed by atoms with van der Waals surface area (Å²) in [6.45, 7) is 2.10. The zero-order valence-corrected chi connectivity index (χ0v) is 13.8. The number of halogens is 1. The van der Waals surface area contributed by atoms with Crippen molar-refractivity contribution in [1.82, 2.24) is 4.98 Å². The molecule has 3 aromatic rings. The van der Waals surface area contributed by atoms with Crippen molar-refractivity contribution in [2.45, 2.75) is 18.8 Å². The molecule has 0 bridgehead atoms. The fourth-order valence-corrected chi connectivity index (χ4v) is 4.49. The lowest BCUT2D eigenvalue weighted by atomic mass is 9.89. The molecule has 2 nitrogen and oxygen atoms in total. The van der Waals surface area contributed by atoms with E-state index in [1.54, 1.807) is 11.3 Å². The van der Waals surface area contributed by atoms with Crippen LogP contribution in [0.1, 0.15) is 24.3 Å². The van der Waals surface area contributed by atoms with E-state index in [4.69, 9.17) is 16.6 Å². The molecule has 1 aliphatic rings. The summed E-state index contributed by atoms with van der Waals surface area (Å²) in [5.41, 5.74) is 2.41. The Morgan fingerprint density at radius 1 is 1.00 bits per heavy atom. The van der Waals surface area contributed by atoms with Crippen LogP contribution in [0, 0.1) is 0 Å². The van der Waals surface area contributed by atoms with E-state index in [-0.39, 0.29) is 0 Å². The first-order valence-electron chi connectivity index (χ1n) is 7.66. The predicted molar refractivity (Wildman–Crippen MR) is 95.3 cm³/mol. The summed E-state index contributed by atoms with van der Waals surface area (Å²) in [6, 6.07) is 16.6. The molecular weight excluding hydrogens is 312 g/mol. The first kappa shape index (κ1) is 14.0. The Morgan fingerprint density at radius 3 is 2.50 bits per heavy atom. The van der Waals surface area contributed by atoms with Crippen LogP contribution >= 0.6 is 22.9 Å². The van der Waals surface area contributed by atoms with E-state index < -0.39 is 0 Å². The molecule has 112 valence electrons. The highest BCUT2D eigenvalue weighted by molar-refractivity contribution is 7.22. The van der Waals surface area contributed by atoms with Crippen molar-refractivity contribution < 1.29 is 0 Å². The summed E-state index contributed by atoms with van der Waals surface area (Å²) < 4.78 is 1.27. The molecule has 1 saturated heterocycles. The molecule has 22 heavy (non-hydrogen) atoms. The molecule has 0 saturated carbocycles. The van der Waals surface area contributed by atoms with Gasteiger partial charge in [-0.15, -0.1) is 0 Å². The van der Waals surface area contributed by atoms with Gasteiger partial charge in [0.25, 0.3) is 0 Å². The maximum absolute atomic E-state index is 6.34. The number of fused-ring (bicyclic) bond motifs is 1. The monoisotopic (exact) mass is 328 g/mol. The molecule has 1 aromatic heterocycles. The fourth-order valence-electron chi connectivity index (χ4n) is 3.18. The number of hydrogen-bond acceptors (Lipinski definition) is 3. The van der Waals surface area contributed by atoms with Gasteiger partial charge in [-0.25, -0.2) is 4.98 Å². The molecule has 4 heteroatoms. The molecule has 0 N–H and O–H groups in total. The van der Waals surface area contributed by atoms with Gasteiger partial charge in [0.15, 0.2) is 5.13 Å². The Balaban J connectivity index is 1.51. The Kier molecular flexibility index (Phi) is 3.77. The van der Waals surface area contributed by atoms with Gasteiger partial charge in [-0.2, -0.15) is 0 Å². The summed E-state index contributed by atoms with van der Waals surface area (Å²) in [7, 11) is 0. The van der Waals surface area contributed by atoms with E-state index in [0.29, 0.717) is 5.92 Å². The third-order valence-corrected chi connectivity index (χ3v) is 5.83. The van der Waals surface area contributed by atoms with Gasteiger partial charge in [0, 0.05) is 18.1 Å². The number of thiazole rings is 1. The molecule has 0 atom stereocenters. The number of aromatic nitrogens is 1. The number of hydrogen-bond donors (Lipinski definition) is 0. The van der Waals surface area contributed by atoms with Crippen LogP contribution in [0.25, 0.3) is 10.2 Å². The quantitative estimate of drug-likeness (QED) is 0.631. The van der Waals surface area contributed by atoms with Crippen molar-refractivity contribution in [3.8, 4) is 0 Å². The molecule has 0 amide bonds. The highest BCUT2D eigenvalue weighted by atomic mass is 35.5. The van der Waals surface area contributed by atoms with Gasteiger partial charge >= 0.3 is 0 Å². The van der Waals surface area contributed by atoms with Crippen molar-refractivity contribution in [1.29, 1.82) is 0 Å². The predicted octanol–water partition coefficient (Wildman–Crippen LogP) is 5.33. The minimum Gasteiger partial charge on any atom is -0.348 e. The number of benzene rings is 2. The largest absolute Gasteiger partial charge is 0.348 e. The van der Waals surface area contributed by atoms with E-state index in [9.17, 15) is 0 Å². The molecule has 0 spiro atoms. The van der Waals surface area contributed by atoms with Crippen LogP contribution in [0.2, 0.25) is 5.02 Å². The maximum atomic E-state index is 6.34. The van der Waals surface area contributed by atoms with Crippen LogP contribution in [0.3, 0.4) is 0 Å². The first-order valence-corrected chi connectivity index (χ1v) is 8.85. The third-order valence-electron chi connectivity index (χ3n) is 4.39. The van der Waals surface area contributed by atoms with Gasteiger partial charge in [0.05, 0.1) is 10.2 Å². The average molecular weight is 329 g/mol. The molecule has 0 radical (unpaired) electrons. The van der Waals surface area contributed by atoms with E-state index in [2.05, 4.69) is 41.3 Å². The lowest BCUT2D eigenvalue weighted by Gasteiger charge is -2.32. The first-order chi connectivity index (χ1) is 10.8.